The Morgan fingerprint density at radius 2 is 1.83 bits per heavy atom. The third-order valence-corrected chi connectivity index (χ3v) is 6.17. The summed E-state index contributed by atoms with van der Waals surface area (Å²) in [5.74, 6) is 2.50. The van der Waals surface area contributed by atoms with Crippen LogP contribution in [-0.2, 0) is 13.1 Å². The van der Waals surface area contributed by atoms with E-state index in [4.69, 9.17) is 0 Å². The summed E-state index contributed by atoms with van der Waals surface area (Å²) in [6, 6.07) is 0. The van der Waals surface area contributed by atoms with Gasteiger partial charge >= 0.3 is 0 Å². The smallest absolute Gasteiger partial charge is 0.270 e. The van der Waals surface area contributed by atoms with E-state index in [-0.39, 0.29) is 30.0 Å². The number of nitrogens with one attached hydrogen (secondary N) is 2. The first-order chi connectivity index (χ1) is 13.9. The molecule has 2 N–H and O–H groups in total. The average Bonchev–Trinajstić information content (AvgIpc) is 3.29. The van der Waals surface area contributed by atoms with Crippen molar-refractivity contribution in [2.24, 2.45) is 0 Å². The van der Waals surface area contributed by atoms with Crippen LogP contribution >= 0.6 is 12.4 Å². The molecule has 1 amide bonds. The summed E-state index contributed by atoms with van der Waals surface area (Å²) in [5, 5.41) is 12.1. The monoisotopic (exact) mass is 434 g/mol. The Morgan fingerprint density at radius 3 is 2.47 bits per heavy atom. The molecule has 9 heteroatoms. The fourth-order valence-electron chi connectivity index (χ4n) is 4.76. The zero-order valence-electron chi connectivity index (χ0n) is 18.1. The molecule has 0 aromatic carbocycles. The first kappa shape index (κ1) is 22.5. The highest BCUT2D eigenvalue weighted by Gasteiger charge is 2.32. The molecular weight excluding hydrogens is 404 g/mol. The third kappa shape index (κ3) is 3.90. The van der Waals surface area contributed by atoms with Gasteiger partial charge in [-0.25, -0.2) is 0 Å². The molecule has 1 saturated heterocycles. The van der Waals surface area contributed by atoms with Gasteiger partial charge in [-0.15, -0.1) is 22.6 Å². The number of halogens is 1. The number of H-pyrrole nitrogens is 1. The Hall–Kier alpha value is -2.19. The van der Waals surface area contributed by atoms with Crippen LogP contribution in [0.25, 0.3) is 0 Å². The topological polar surface area (TPSA) is 95.9 Å². The molecule has 0 bridgehead atoms. The Morgan fingerprint density at radius 1 is 1.13 bits per heavy atom. The van der Waals surface area contributed by atoms with E-state index < -0.39 is 0 Å². The molecule has 2 aromatic rings. The molecule has 0 atom stereocenters. The Bertz CT molecular complexity index is 940. The third-order valence-electron chi connectivity index (χ3n) is 6.17. The lowest BCUT2D eigenvalue weighted by Crippen LogP contribution is -2.39. The van der Waals surface area contributed by atoms with Gasteiger partial charge in [-0.3, -0.25) is 9.59 Å². The van der Waals surface area contributed by atoms with Crippen molar-refractivity contribution in [3.63, 3.8) is 0 Å². The number of aryl methyl sites for hydroxylation is 1. The number of piperidine rings is 1. The van der Waals surface area contributed by atoms with Crippen LogP contribution in [0, 0.1) is 6.92 Å². The van der Waals surface area contributed by atoms with E-state index >= 15 is 0 Å². The number of aromatic amines is 1. The van der Waals surface area contributed by atoms with Gasteiger partial charge < -0.3 is 19.8 Å². The number of fused-ring (bicyclic) bond motifs is 1. The number of likely N-dealkylation sites (tertiary alicyclic amines) is 1. The first-order valence-electron chi connectivity index (χ1n) is 10.5. The Balaban J connectivity index is 0.00000256. The van der Waals surface area contributed by atoms with E-state index in [0.29, 0.717) is 30.3 Å². The predicted octanol–water partition coefficient (Wildman–Crippen LogP) is 2.79. The zero-order chi connectivity index (χ0) is 20.7. The second-order valence-corrected chi connectivity index (χ2v) is 8.49. The molecule has 0 spiro atoms. The van der Waals surface area contributed by atoms with Crippen LogP contribution in [0.2, 0.25) is 0 Å². The van der Waals surface area contributed by atoms with Gasteiger partial charge in [-0.05, 0) is 38.2 Å². The summed E-state index contributed by atoms with van der Waals surface area (Å²) >= 11 is 0. The quantitative estimate of drug-likeness (QED) is 0.721. The molecule has 0 aliphatic carbocycles. The van der Waals surface area contributed by atoms with Crippen molar-refractivity contribution in [2.45, 2.75) is 65.5 Å². The minimum absolute atomic E-state index is 0. The Kier molecular flexibility index (Phi) is 6.67. The van der Waals surface area contributed by atoms with Gasteiger partial charge in [-0.1, -0.05) is 13.8 Å². The summed E-state index contributed by atoms with van der Waals surface area (Å²) in [5.41, 5.74) is 2.87. The lowest BCUT2D eigenvalue weighted by atomic mass is 9.93. The summed E-state index contributed by atoms with van der Waals surface area (Å²) in [4.78, 5) is 30.5. The zero-order valence-corrected chi connectivity index (χ0v) is 18.9. The number of carbonyl (C=O) groups excluding carboxylic acids is 2. The fourth-order valence-corrected chi connectivity index (χ4v) is 4.76. The number of aromatic nitrogens is 4. The van der Waals surface area contributed by atoms with Crippen LogP contribution in [0.15, 0.2) is 0 Å². The van der Waals surface area contributed by atoms with Gasteiger partial charge in [0.15, 0.2) is 5.78 Å². The van der Waals surface area contributed by atoms with Gasteiger partial charge in [-0.2, -0.15) is 0 Å². The number of amides is 1. The van der Waals surface area contributed by atoms with E-state index in [2.05, 4.69) is 25.1 Å². The highest BCUT2D eigenvalue weighted by atomic mass is 35.5. The van der Waals surface area contributed by atoms with Crippen molar-refractivity contribution >= 4 is 24.1 Å². The molecule has 0 saturated carbocycles. The number of hydrogen-bond donors (Lipinski definition) is 2. The van der Waals surface area contributed by atoms with Crippen molar-refractivity contribution in [3.05, 3.63) is 34.2 Å². The highest BCUT2D eigenvalue weighted by Crippen LogP contribution is 2.31. The fraction of sp³-hybridized carbons (Fsp3) is 0.619. The number of nitrogens with zero attached hydrogens (tertiary/aromatic N) is 4. The molecule has 4 rings (SSSR count). The summed E-state index contributed by atoms with van der Waals surface area (Å²) in [6.07, 6.45) is 1.77. The maximum Gasteiger partial charge on any atom is 0.270 e. The normalized spacial score (nSPS) is 17.0. The van der Waals surface area contributed by atoms with Gasteiger partial charge in [0.25, 0.3) is 5.91 Å². The largest absolute Gasteiger partial charge is 0.354 e. The average molecular weight is 435 g/mol. The standard InChI is InChI=1S/C21H30N6O2.ClH/c1-12(2)17-18(14(4)28)13(3)23-19(17)21(29)26-8-5-15(6-9-26)20-25-24-16-11-22-7-10-27(16)20;/h12,15,22-23H,5-11H2,1-4H3;1H. The van der Waals surface area contributed by atoms with Crippen LogP contribution < -0.4 is 5.32 Å². The van der Waals surface area contributed by atoms with Crippen molar-refractivity contribution < 1.29 is 9.59 Å². The van der Waals surface area contributed by atoms with Crippen molar-refractivity contribution in [1.29, 1.82) is 0 Å². The molecule has 0 unspecified atom stereocenters. The number of hydrogen-bond acceptors (Lipinski definition) is 5. The molecule has 8 nitrogen and oxygen atoms in total. The van der Waals surface area contributed by atoms with Gasteiger partial charge in [0.2, 0.25) is 0 Å². The van der Waals surface area contributed by atoms with Gasteiger partial charge in [0, 0.05) is 43.4 Å². The van der Waals surface area contributed by atoms with Crippen LogP contribution in [0.1, 0.15) is 89.2 Å². The molecule has 2 aliphatic heterocycles. The van der Waals surface area contributed by atoms with E-state index in [1.54, 1.807) is 6.92 Å². The molecule has 0 radical (unpaired) electrons. The molecule has 4 heterocycles. The summed E-state index contributed by atoms with van der Waals surface area (Å²) < 4.78 is 2.24. The molecule has 2 aromatic heterocycles. The van der Waals surface area contributed by atoms with Crippen LogP contribution in [0.4, 0.5) is 0 Å². The number of rotatable bonds is 4. The van der Waals surface area contributed by atoms with Crippen LogP contribution in [0.5, 0.6) is 0 Å². The molecule has 30 heavy (non-hydrogen) atoms. The van der Waals surface area contributed by atoms with Crippen LogP contribution in [-0.4, -0.2) is 56.0 Å². The van der Waals surface area contributed by atoms with Crippen molar-refractivity contribution in [2.75, 3.05) is 19.6 Å². The second kappa shape index (κ2) is 8.89. The van der Waals surface area contributed by atoms with E-state index in [9.17, 15) is 9.59 Å². The van der Waals surface area contributed by atoms with Gasteiger partial charge in [0.1, 0.15) is 17.3 Å². The maximum atomic E-state index is 13.3. The van der Waals surface area contributed by atoms with E-state index in [1.807, 2.05) is 25.7 Å². The van der Waals surface area contributed by atoms with Crippen molar-refractivity contribution in [1.82, 2.24) is 30.0 Å². The second-order valence-electron chi connectivity index (χ2n) is 8.49. The highest BCUT2D eigenvalue weighted by molar-refractivity contribution is 6.03. The predicted molar refractivity (Wildman–Crippen MR) is 116 cm³/mol. The minimum Gasteiger partial charge on any atom is -0.354 e. The maximum absolute atomic E-state index is 13.3. The molecular formula is C21H31ClN6O2. The molecule has 164 valence electrons. The Labute approximate surface area is 183 Å². The SMILES string of the molecule is CC(=O)c1c(C)[nH]c(C(=O)N2CCC(c3nnc4n3CCNC4)CC2)c1C(C)C.Cl. The molecule has 1 fully saturated rings. The number of ketones is 1. The molecule has 2 aliphatic rings. The first-order valence-corrected chi connectivity index (χ1v) is 10.5. The van der Waals surface area contributed by atoms with E-state index in [0.717, 1.165) is 55.4 Å². The van der Waals surface area contributed by atoms with Crippen molar-refractivity contribution in [3.8, 4) is 0 Å². The summed E-state index contributed by atoms with van der Waals surface area (Å²) in [7, 11) is 0. The summed E-state index contributed by atoms with van der Waals surface area (Å²) in [6.45, 7) is 11.5. The number of carbonyl (C=O) groups is 2. The lowest BCUT2D eigenvalue weighted by molar-refractivity contribution is 0.0703. The van der Waals surface area contributed by atoms with Gasteiger partial charge in [0.05, 0.1) is 6.54 Å². The van der Waals surface area contributed by atoms with E-state index in [1.165, 1.54) is 0 Å². The lowest BCUT2D eigenvalue weighted by Gasteiger charge is -2.32. The minimum atomic E-state index is -0.00442. The number of Topliss-reactive ketones (excluding diaryl/α,β-unsaturated/α-hetero) is 1. The van der Waals surface area contributed by atoms with Crippen LogP contribution in [0.3, 0.4) is 0 Å².